The Hall–Kier alpha value is -3.54. The molecule has 5 aliphatic heterocycles. The average molecular weight is 592 g/mol. The van der Waals surface area contributed by atoms with Gasteiger partial charge in [-0.25, -0.2) is 23.8 Å². The van der Waals surface area contributed by atoms with Crippen molar-refractivity contribution in [1.82, 2.24) is 19.8 Å². The fraction of sp³-hybridized carbons (Fsp3) is 0.500. The molecule has 3 aromatic rings. The lowest BCUT2D eigenvalue weighted by molar-refractivity contribution is -0.0988. The predicted octanol–water partition coefficient (Wildman–Crippen LogP) is 5.14. The third kappa shape index (κ3) is 5.38. The van der Waals surface area contributed by atoms with Crippen molar-refractivity contribution in [3.63, 3.8) is 0 Å². The number of benzene rings is 2. The number of methoxy groups -OCH3 is 1. The molecule has 5 fully saturated rings. The Morgan fingerprint density at radius 3 is 2.58 bits per heavy atom. The number of likely N-dealkylation sites (N-methyl/N-ethyl adjacent to an activating group) is 1. The van der Waals surface area contributed by atoms with E-state index in [2.05, 4.69) is 49.0 Å². The minimum Gasteiger partial charge on any atom is -0.494 e. The van der Waals surface area contributed by atoms with Crippen LogP contribution in [0.5, 0.6) is 5.75 Å². The van der Waals surface area contributed by atoms with Crippen molar-refractivity contribution >= 4 is 23.0 Å². The maximum atomic E-state index is 14.6. The molecule has 0 spiro atoms. The van der Waals surface area contributed by atoms with Crippen molar-refractivity contribution in [3.05, 3.63) is 66.0 Å². The molecule has 2 unspecified atom stereocenters. The van der Waals surface area contributed by atoms with E-state index in [1.54, 1.807) is 19.2 Å². The minimum atomic E-state index is -0.879. The summed E-state index contributed by atoms with van der Waals surface area (Å²) in [5.74, 6) is -0.0376. The minimum absolute atomic E-state index is 0.239. The lowest BCUT2D eigenvalue weighted by atomic mass is 9.83. The monoisotopic (exact) mass is 591 g/mol. The summed E-state index contributed by atoms with van der Waals surface area (Å²) in [7, 11) is 1.67. The van der Waals surface area contributed by atoms with Crippen molar-refractivity contribution < 1.29 is 18.4 Å². The molecule has 0 saturated carbocycles. The molecule has 43 heavy (non-hydrogen) atoms. The first-order valence-electron chi connectivity index (χ1n) is 15.4. The van der Waals surface area contributed by atoms with Crippen LogP contribution in [0.4, 0.5) is 31.8 Å². The molecule has 228 valence electrons. The quantitative estimate of drug-likeness (QED) is 0.384. The fourth-order valence-corrected chi connectivity index (χ4v) is 7.41. The van der Waals surface area contributed by atoms with Crippen LogP contribution < -0.4 is 20.0 Å². The smallest absolute Gasteiger partial charge is 0.164 e. The van der Waals surface area contributed by atoms with Crippen LogP contribution in [0, 0.1) is 11.6 Å². The summed E-state index contributed by atoms with van der Waals surface area (Å²) in [6.45, 7) is 8.32. The number of aromatic nitrogens is 2. The second-order valence-electron chi connectivity index (χ2n) is 11.9. The number of hydrogen-bond acceptors (Lipinski definition) is 9. The number of halogens is 2. The highest BCUT2D eigenvalue weighted by molar-refractivity contribution is 5.70. The SMILES string of the molecule is CCN1CC2CC(C1)N2C1CCN(c2ccc(Nc3cc(N4OCC[C@@H]4c4cccc(F)c4F)ncn3)c(OC)c2)CC1. The van der Waals surface area contributed by atoms with Gasteiger partial charge in [0.25, 0.3) is 0 Å². The van der Waals surface area contributed by atoms with E-state index in [1.807, 2.05) is 6.07 Å². The number of rotatable bonds is 8. The molecule has 8 rings (SSSR count). The highest BCUT2D eigenvalue weighted by atomic mass is 19.2. The van der Waals surface area contributed by atoms with Gasteiger partial charge in [0.1, 0.15) is 17.9 Å². The van der Waals surface area contributed by atoms with Gasteiger partial charge in [-0.15, -0.1) is 0 Å². The summed E-state index contributed by atoms with van der Waals surface area (Å²) >= 11 is 0. The van der Waals surface area contributed by atoms with Crippen LogP contribution in [-0.4, -0.2) is 84.3 Å². The molecule has 5 aliphatic rings. The molecule has 9 nitrogen and oxygen atoms in total. The van der Waals surface area contributed by atoms with E-state index in [1.165, 1.54) is 49.8 Å². The van der Waals surface area contributed by atoms with Gasteiger partial charge < -0.3 is 19.9 Å². The molecule has 0 amide bonds. The third-order valence-electron chi connectivity index (χ3n) is 9.60. The number of nitrogens with one attached hydrogen (secondary N) is 1. The number of piperazine rings is 1. The van der Waals surface area contributed by atoms with E-state index in [-0.39, 0.29) is 5.56 Å². The standard InChI is InChI=1S/C32H39F2N7O2/c1-3-38-18-23-15-24(19-38)40(23)21-9-12-39(13-10-21)22-7-8-27(29(16-22)42-2)37-30-17-31(36-20-35-30)41-28(11-14-43-41)25-5-4-6-26(33)32(25)34/h4-8,16-17,20-21,23-24,28H,3,9-15,18-19H2,1-2H3,(H,35,36,37)/t23?,24?,28-/m1/s1. The van der Waals surface area contributed by atoms with E-state index in [0.717, 1.165) is 49.2 Å². The topological polar surface area (TPSA) is 69.2 Å². The summed E-state index contributed by atoms with van der Waals surface area (Å²) in [6.07, 6.45) is 5.67. The molecular formula is C32H39F2N7O2. The van der Waals surface area contributed by atoms with E-state index in [9.17, 15) is 8.78 Å². The molecule has 6 heterocycles. The molecule has 0 radical (unpaired) electrons. The van der Waals surface area contributed by atoms with E-state index < -0.39 is 17.7 Å². The van der Waals surface area contributed by atoms with Crippen molar-refractivity contribution in [1.29, 1.82) is 0 Å². The molecule has 2 aromatic carbocycles. The first-order chi connectivity index (χ1) is 21.0. The van der Waals surface area contributed by atoms with Crippen molar-refractivity contribution in [2.24, 2.45) is 0 Å². The Kier molecular flexibility index (Phi) is 7.79. The molecule has 1 N–H and O–H groups in total. The van der Waals surface area contributed by atoms with Crippen LogP contribution in [-0.2, 0) is 4.84 Å². The number of hydrogen-bond donors (Lipinski definition) is 1. The second-order valence-corrected chi connectivity index (χ2v) is 11.9. The van der Waals surface area contributed by atoms with E-state index in [4.69, 9.17) is 9.57 Å². The molecule has 1 aromatic heterocycles. The maximum Gasteiger partial charge on any atom is 0.164 e. The molecule has 5 saturated heterocycles. The molecular weight excluding hydrogens is 552 g/mol. The fourth-order valence-electron chi connectivity index (χ4n) is 7.41. The van der Waals surface area contributed by atoms with Gasteiger partial charge in [-0.05, 0) is 44.0 Å². The Labute approximate surface area is 251 Å². The Bertz CT molecular complexity index is 1440. The number of hydroxylamine groups is 1. The van der Waals surface area contributed by atoms with Gasteiger partial charge in [-0.1, -0.05) is 19.1 Å². The lowest BCUT2D eigenvalue weighted by Gasteiger charge is -2.60. The molecule has 11 heteroatoms. The maximum absolute atomic E-state index is 14.6. The van der Waals surface area contributed by atoms with E-state index in [0.29, 0.717) is 36.5 Å². The molecule has 2 bridgehead atoms. The van der Waals surface area contributed by atoms with Gasteiger partial charge in [-0.2, -0.15) is 0 Å². The van der Waals surface area contributed by atoms with Crippen LogP contribution in [0.25, 0.3) is 0 Å². The highest BCUT2D eigenvalue weighted by Gasteiger charge is 2.47. The predicted molar refractivity (Wildman–Crippen MR) is 162 cm³/mol. The van der Waals surface area contributed by atoms with Gasteiger partial charge in [0.2, 0.25) is 0 Å². The number of piperidine rings is 2. The zero-order valence-electron chi connectivity index (χ0n) is 24.8. The van der Waals surface area contributed by atoms with Crippen molar-refractivity contribution in [2.75, 3.05) is 61.7 Å². The molecule has 3 atom stereocenters. The average Bonchev–Trinajstić information content (AvgIpc) is 3.53. The van der Waals surface area contributed by atoms with Gasteiger partial charge in [0.15, 0.2) is 17.5 Å². The van der Waals surface area contributed by atoms with Crippen LogP contribution in [0.15, 0.2) is 48.8 Å². The second kappa shape index (κ2) is 11.9. The van der Waals surface area contributed by atoms with Crippen LogP contribution in [0.1, 0.15) is 44.2 Å². The number of nitrogens with zero attached hydrogens (tertiary/aromatic N) is 6. The van der Waals surface area contributed by atoms with Crippen molar-refractivity contribution in [2.45, 2.75) is 56.8 Å². The third-order valence-corrected chi connectivity index (χ3v) is 9.60. The molecule has 0 aliphatic carbocycles. The van der Waals surface area contributed by atoms with Crippen LogP contribution >= 0.6 is 0 Å². The summed E-state index contributed by atoms with van der Waals surface area (Å²) in [5.41, 5.74) is 2.16. The number of ether oxygens (including phenoxy) is 1. The summed E-state index contributed by atoms with van der Waals surface area (Å²) < 4.78 is 34.3. The Balaban J connectivity index is 1.01. The van der Waals surface area contributed by atoms with Gasteiger partial charge in [0, 0.05) is 74.1 Å². The zero-order valence-corrected chi connectivity index (χ0v) is 24.8. The summed E-state index contributed by atoms with van der Waals surface area (Å²) in [4.78, 5) is 22.4. The van der Waals surface area contributed by atoms with Crippen molar-refractivity contribution in [3.8, 4) is 5.75 Å². The number of anilines is 4. The number of fused-ring (bicyclic) bond motifs is 2. The summed E-state index contributed by atoms with van der Waals surface area (Å²) in [5, 5.41) is 4.87. The van der Waals surface area contributed by atoms with Crippen LogP contribution in [0.3, 0.4) is 0 Å². The van der Waals surface area contributed by atoms with Gasteiger partial charge in [-0.3, -0.25) is 9.74 Å². The normalized spacial score (nSPS) is 24.7. The van der Waals surface area contributed by atoms with Crippen LogP contribution in [0.2, 0.25) is 0 Å². The first-order valence-corrected chi connectivity index (χ1v) is 15.4. The zero-order chi connectivity index (χ0) is 29.5. The first kappa shape index (κ1) is 28.2. The Morgan fingerprint density at radius 1 is 1.00 bits per heavy atom. The largest absolute Gasteiger partial charge is 0.494 e. The van der Waals surface area contributed by atoms with Gasteiger partial charge >= 0.3 is 0 Å². The van der Waals surface area contributed by atoms with E-state index >= 15 is 0 Å². The Morgan fingerprint density at radius 2 is 1.81 bits per heavy atom. The lowest BCUT2D eigenvalue weighted by Crippen LogP contribution is -2.71. The highest BCUT2D eigenvalue weighted by Crippen LogP contribution is 2.40. The van der Waals surface area contributed by atoms with Gasteiger partial charge in [0.05, 0.1) is 25.4 Å². The summed E-state index contributed by atoms with van der Waals surface area (Å²) in [6, 6.07) is 13.8.